The van der Waals surface area contributed by atoms with Gasteiger partial charge in [-0.15, -0.1) is 0 Å². The van der Waals surface area contributed by atoms with Crippen LogP contribution < -0.4 is 0 Å². The molecule has 28 heavy (non-hydrogen) atoms. The summed E-state index contributed by atoms with van der Waals surface area (Å²) in [4.78, 5) is 21.3. The molecule has 0 aliphatic heterocycles. The molecule has 0 fully saturated rings. The first-order chi connectivity index (χ1) is 13.2. The van der Waals surface area contributed by atoms with Gasteiger partial charge in [-0.2, -0.15) is 0 Å². The summed E-state index contributed by atoms with van der Waals surface area (Å²) in [5.74, 6) is -1.96. The van der Waals surface area contributed by atoms with E-state index < -0.39 is 11.7 Å². The van der Waals surface area contributed by atoms with E-state index in [0.717, 1.165) is 18.1 Å². The van der Waals surface area contributed by atoms with Crippen LogP contribution in [0.25, 0.3) is 11.3 Å². The number of benzene rings is 1. The first kappa shape index (κ1) is 19.9. The number of carbonyl (C=O) groups excluding carboxylic acids is 1. The van der Waals surface area contributed by atoms with Crippen molar-refractivity contribution in [1.82, 2.24) is 9.97 Å². The van der Waals surface area contributed by atoms with Gasteiger partial charge < -0.3 is 8.83 Å². The molecule has 148 valence electrons. The standard InChI is InChI=1S/C21H22F2N2O3/c1-13-7-6-8-15(11-13)20-18(24-14(2)28-20)19(26)16-12-27-17(25-16)9-4-5-10-21(3,22)23/h6-8,11-12H,4-5,9-10H2,1-3H3. The molecule has 2 heterocycles. The Morgan fingerprint density at radius 2 is 1.96 bits per heavy atom. The Hall–Kier alpha value is -2.83. The van der Waals surface area contributed by atoms with Gasteiger partial charge in [0.2, 0.25) is 11.7 Å². The van der Waals surface area contributed by atoms with Crippen LogP contribution in [0.15, 0.2) is 39.4 Å². The van der Waals surface area contributed by atoms with Crippen molar-refractivity contribution in [3.63, 3.8) is 0 Å². The summed E-state index contributed by atoms with van der Waals surface area (Å²) in [6.07, 6.45) is 2.35. The average Bonchev–Trinajstić information content (AvgIpc) is 3.24. The maximum atomic E-state index is 12.9. The summed E-state index contributed by atoms with van der Waals surface area (Å²) >= 11 is 0. The van der Waals surface area contributed by atoms with Crippen molar-refractivity contribution >= 4 is 5.78 Å². The summed E-state index contributed by atoms with van der Waals surface area (Å²) in [6.45, 7) is 4.53. The van der Waals surface area contributed by atoms with Crippen LogP contribution >= 0.6 is 0 Å². The smallest absolute Gasteiger partial charge is 0.245 e. The molecular weight excluding hydrogens is 366 g/mol. The summed E-state index contributed by atoms with van der Waals surface area (Å²) in [6, 6.07) is 7.59. The Morgan fingerprint density at radius 3 is 2.68 bits per heavy atom. The highest BCUT2D eigenvalue weighted by Gasteiger charge is 2.24. The molecule has 0 aliphatic rings. The van der Waals surface area contributed by atoms with Crippen LogP contribution in [0.4, 0.5) is 8.78 Å². The molecule has 0 saturated heterocycles. The number of nitrogens with zero attached hydrogens (tertiary/aromatic N) is 2. The molecule has 3 aromatic rings. The number of aromatic nitrogens is 2. The molecule has 0 aliphatic carbocycles. The number of rotatable bonds is 8. The largest absolute Gasteiger partial charge is 0.448 e. The summed E-state index contributed by atoms with van der Waals surface area (Å²) in [7, 11) is 0. The molecule has 1 aromatic carbocycles. The van der Waals surface area contributed by atoms with Gasteiger partial charge in [0, 0.05) is 25.3 Å². The fourth-order valence-electron chi connectivity index (χ4n) is 2.93. The zero-order valence-electron chi connectivity index (χ0n) is 16.1. The molecule has 3 rings (SSSR count). The predicted molar refractivity (Wildman–Crippen MR) is 99.5 cm³/mol. The van der Waals surface area contributed by atoms with E-state index in [0.29, 0.717) is 36.8 Å². The Morgan fingerprint density at radius 1 is 1.18 bits per heavy atom. The van der Waals surface area contributed by atoms with E-state index in [1.54, 1.807) is 6.92 Å². The Kier molecular flexibility index (Phi) is 5.72. The van der Waals surface area contributed by atoms with E-state index in [4.69, 9.17) is 8.83 Å². The molecule has 0 spiro atoms. The monoisotopic (exact) mass is 388 g/mol. The minimum absolute atomic E-state index is 0.123. The van der Waals surface area contributed by atoms with Gasteiger partial charge in [0.1, 0.15) is 6.26 Å². The minimum atomic E-state index is -2.67. The summed E-state index contributed by atoms with van der Waals surface area (Å²) in [5, 5.41) is 0. The second kappa shape index (κ2) is 8.04. The van der Waals surface area contributed by atoms with Gasteiger partial charge in [0.25, 0.3) is 0 Å². The predicted octanol–water partition coefficient (Wildman–Crippen LogP) is 5.55. The first-order valence-electron chi connectivity index (χ1n) is 9.14. The van der Waals surface area contributed by atoms with E-state index in [9.17, 15) is 13.6 Å². The lowest BCUT2D eigenvalue weighted by Gasteiger charge is -2.08. The fraction of sp³-hybridized carbons (Fsp3) is 0.381. The minimum Gasteiger partial charge on any atom is -0.448 e. The van der Waals surface area contributed by atoms with E-state index in [2.05, 4.69) is 9.97 Å². The van der Waals surface area contributed by atoms with Crippen molar-refractivity contribution in [1.29, 1.82) is 0 Å². The number of unbranched alkanes of at least 4 members (excludes halogenated alkanes) is 1. The van der Waals surface area contributed by atoms with Gasteiger partial charge in [-0.1, -0.05) is 23.8 Å². The quantitative estimate of drug-likeness (QED) is 0.374. The third-order valence-electron chi connectivity index (χ3n) is 4.27. The highest BCUT2D eigenvalue weighted by molar-refractivity contribution is 6.09. The Labute approximate surface area is 161 Å². The highest BCUT2D eigenvalue weighted by atomic mass is 19.3. The number of oxazole rings is 2. The number of ketones is 1. The van der Waals surface area contributed by atoms with Gasteiger partial charge in [-0.3, -0.25) is 4.79 Å². The fourth-order valence-corrected chi connectivity index (χ4v) is 2.93. The molecular formula is C21H22F2N2O3. The molecule has 0 unspecified atom stereocenters. The third kappa shape index (κ3) is 4.91. The molecule has 2 aromatic heterocycles. The third-order valence-corrected chi connectivity index (χ3v) is 4.27. The lowest BCUT2D eigenvalue weighted by Crippen LogP contribution is -2.08. The molecule has 0 amide bonds. The van der Waals surface area contributed by atoms with E-state index in [-0.39, 0.29) is 17.8 Å². The Bertz CT molecular complexity index is 970. The lowest BCUT2D eigenvalue weighted by molar-refractivity contribution is 0.0104. The number of halogens is 2. The first-order valence-corrected chi connectivity index (χ1v) is 9.14. The van der Waals surface area contributed by atoms with Gasteiger partial charge in [0.05, 0.1) is 0 Å². The number of hydrogen-bond acceptors (Lipinski definition) is 5. The van der Waals surface area contributed by atoms with Crippen LogP contribution in [-0.4, -0.2) is 21.7 Å². The summed E-state index contributed by atoms with van der Waals surface area (Å²) in [5.41, 5.74) is 2.09. The highest BCUT2D eigenvalue weighted by Crippen LogP contribution is 2.27. The van der Waals surface area contributed by atoms with Gasteiger partial charge in [-0.05, 0) is 32.8 Å². The molecule has 7 heteroatoms. The molecule has 0 saturated carbocycles. The number of alkyl halides is 2. The van der Waals surface area contributed by atoms with Crippen LogP contribution in [0, 0.1) is 13.8 Å². The van der Waals surface area contributed by atoms with Gasteiger partial charge >= 0.3 is 0 Å². The zero-order valence-corrected chi connectivity index (χ0v) is 16.1. The number of carbonyl (C=O) groups is 1. The van der Waals surface area contributed by atoms with Gasteiger partial charge in [-0.25, -0.2) is 18.7 Å². The normalized spacial score (nSPS) is 11.8. The second-order valence-electron chi connectivity index (χ2n) is 7.01. The van der Waals surface area contributed by atoms with Crippen molar-refractivity contribution in [2.45, 2.75) is 52.4 Å². The average molecular weight is 388 g/mol. The molecule has 0 radical (unpaired) electrons. The molecule has 0 bridgehead atoms. The maximum Gasteiger partial charge on any atom is 0.245 e. The van der Waals surface area contributed by atoms with Crippen LogP contribution in [0.1, 0.15) is 59.7 Å². The van der Waals surface area contributed by atoms with Crippen molar-refractivity contribution < 1.29 is 22.4 Å². The van der Waals surface area contributed by atoms with E-state index >= 15 is 0 Å². The van der Waals surface area contributed by atoms with Crippen molar-refractivity contribution in [3.05, 3.63) is 59.3 Å². The second-order valence-corrected chi connectivity index (χ2v) is 7.01. The van der Waals surface area contributed by atoms with Crippen molar-refractivity contribution in [3.8, 4) is 11.3 Å². The van der Waals surface area contributed by atoms with Crippen LogP contribution in [0.3, 0.4) is 0 Å². The molecule has 0 atom stereocenters. The summed E-state index contributed by atoms with van der Waals surface area (Å²) < 4.78 is 36.7. The van der Waals surface area contributed by atoms with Gasteiger partial charge in [0.15, 0.2) is 28.9 Å². The van der Waals surface area contributed by atoms with E-state index in [1.165, 1.54) is 6.26 Å². The SMILES string of the molecule is Cc1cccc(-c2oc(C)nc2C(=O)c2coc(CCCCC(C)(F)F)n2)c1. The topological polar surface area (TPSA) is 69.1 Å². The number of aryl methyl sites for hydroxylation is 3. The molecule has 5 nitrogen and oxygen atoms in total. The lowest BCUT2D eigenvalue weighted by atomic mass is 10.1. The van der Waals surface area contributed by atoms with Crippen LogP contribution in [-0.2, 0) is 6.42 Å². The van der Waals surface area contributed by atoms with Crippen LogP contribution in [0.2, 0.25) is 0 Å². The maximum absolute atomic E-state index is 12.9. The van der Waals surface area contributed by atoms with Crippen molar-refractivity contribution in [2.75, 3.05) is 0 Å². The Balaban J connectivity index is 1.74. The number of hydrogen-bond donors (Lipinski definition) is 0. The van der Waals surface area contributed by atoms with Crippen LogP contribution in [0.5, 0.6) is 0 Å². The zero-order chi connectivity index (χ0) is 20.3. The van der Waals surface area contributed by atoms with E-state index in [1.807, 2.05) is 31.2 Å². The van der Waals surface area contributed by atoms with Crippen molar-refractivity contribution in [2.24, 2.45) is 0 Å². The molecule has 0 N–H and O–H groups in total.